The van der Waals surface area contributed by atoms with Gasteiger partial charge < -0.3 is 10.2 Å². The van der Waals surface area contributed by atoms with Crippen LogP contribution in [0.15, 0.2) is 30.3 Å². The van der Waals surface area contributed by atoms with Gasteiger partial charge in [0.1, 0.15) is 5.82 Å². The van der Waals surface area contributed by atoms with Gasteiger partial charge in [-0.1, -0.05) is 0 Å². The molecular weight excluding hydrogens is 304 g/mol. The Hall–Kier alpha value is -2.63. The highest BCUT2D eigenvalue weighted by molar-refractivity contribution is 5.94. The van der Waals surface area contributed by atoms with Crippen LogP contribution in [-0.2, 0) is 4.79 Å². The minimum atomic E-state index is -0.145. The Morgan fingerprint density at radius 2 is 1.75 bits per heavy atom. The molecule has 3 rings (SSSR count). The van der Waals surface area contributed by atoms with Gasteiger partial charge >= 0.3 is 0 Å². The zero-order valence-electron chi connectivity index (χ0n) is 14.1. The van der Waals surface area contributed by atoms with Gasteiger partial charge in [-0.05, 0) is 50.5 Å². The van der Waals surface area contributed by atoms with Gasteiger partial charge in [-0.3, -0.25) is 9.59 Å². The van der Waals surface area contributed by atoms with Gasteiger partial charge in [0.25, 0.3) is 5.91 Å². The summed E-state index contributed by atoms with van der Waals surface area (Å²) in [6.45, 7) is 5.01. The molecule has 1 aliphatic rings. The Balaban J connectivity index is 1.82. The van der Waals surface area contributed by atoms with Gasteiger partial charge in [-0.25, -0.2) is 4.68 Å². The van der Waals surface area contributed by atoms with Crippen LogP contribution in [0.25, 0.3) is 5.69 Å². The Labute approximate surface area is 141 Å². The summed E-state index contributed by atoms with van der Waals surface area (Å²) in [7, 11) is 0. The average Bonchev–Trinajstić information content (AvgIpc) is 2.95. The number of carbonyl (C=O) groups excluding carboxylic acids is 2. The van der Waals surface area contributed by atoms with Crippen LogP contribution < -0.4 is 5.32 Å². The molecule has 1 N–H and O–H groups in total. The van der Waals surface area contributed by atoms with Crippen molar-refractivity contribution in [3.8, 4) is 5.69 Å². The Morgan fingerprint density at radius 3 is 2.38 bits per heavy atom. The van der Waals surface area contributed by atoms with E-state index in [1.165, 1.54) is 13.3 Å². The number of aromatic nitrogens is 2. The Morgan fingerprint density at radius 1 is 1.08 bits per heavy atom. The average molecular weight is 326 g/mol. The van der Waals surface area contributed by atoms with Crippen LogP contribution in [0.5, 0.6) is 0 Å². The minimum Gasteiger partial charge on any atom is -0.339 e. The van der Waals surface area contributed by atoms with Crippen LogP contribution in [0, 0.1) is 6.92 Å². The van der Waals surface area contributed by atoms with Gasteiger partial charge in [-0.2, -0.15) is 5.10 Å². The molecule has 6 heteroatoms. The monoisotopic (exact) mass is 326 g/mol. The quantitative estimate of drug-likeness (QED) is 0.943. The second kappa shape index (κ2) is 6.86. The first kappa shape index (κ1) is 16.2. The maximum Gasteiger partial charge on any atom is 0.253 e. The van der Waals surface area contributed by atoms with Crippen LogP contribution in [0.1, 0.15) is 42.2 Å². The molecule has 6 nitrogen and oxygen atoms in total. The van der Waals surface area contributed by atoms with Gasteiger partial charge in [0.05, 0.1) is 11.4 Å². The first-order valence-corrected chi connectivity index (χ1v) is 8.28. The molecule has 126 valence electrons. The number of aryl methyl sites for hydroxylation is 1. The van der Waals surface area contributed by atoms with E-state index in [0.29, 0.717) is 11.4 Å². The van der Waals surface area contributed by atoms with Crippen LogP contribution in [0.4, 0.5) is 5.82 Å². The van der Waals surface area contributed by atoms with Crippen LogP contribution in [0.3, 0.4) is 0 Å². The van der Waals surface area contributed by atoms with E-state index < -0.39 is 0 Å². The van der Waals surface area contributed by atoms with Crippen LogP contribution in [-0.4, -0.2) is 39.6 Å². The van der Waals surface area contributed by atoms with Gasteiger partial charge in [0.15, 0.2) is 0 Å². The summed E-state index contributed by atoms with van der Waals surface area (Å²) in [5, 5.41) is 7.17. The molecule has 2 amide bonds. The lowest BCUT2D eigenvalue weighted by Crippen LogP contribution is -2.35. The van der Waals surface area contributed by atoms with E-state index in [2.05, 4.69) is 10.4 Å². The van der Waals surface area contributed by atoms with E-state index in [4.69, 9.17) is 0 Å². The number of anilines is 1. The van der Waals surface area contributed by atoms with E-state index >= 15 is 0 Å². The summed E-state index contributed by atoms with van der Waals surface area (Å²) in [5.74, 6) is 0.558. The highest BCUT2D eigenvalue weighted by atomic mass is 16.2. The number of benzene rings is 1. The van der Waals surface area contributed by atoms with Crippen LogP contribution >= 0.6 is 0 Å². The number of carbonyl (C=O) groups is 2. The number of nitrogens with one attached hydrogen (secondary N) is 1. The zero-order chi connectivity index (χ0) is 17.1. The summed E-state index contributed by atoms with van der Waals surface area (Å²) in [5.41, 5.74) is 2.31. The summed E-state index contributed by atoms with van der Waals surface area (Å²) >= 11 is 0. The maximum atomic E-state index is 12.5. The first-order valence-electron chi connectivity index (χ1n) is 8.28. The van der Waals surface area contributed by atoms with Gasteiger partial charge in [0.2, 0.25) is 5.91 Å². The molecule has 0 bridgehead atoms. The number of likely N-dealkylation sites (tertiary alicyclic amines) is 1. The molecule has 2 heterocycles. The molecule has 0 aliphatic carbocycles. The molecule has 0 saturated carbocycles. The number of hydrogen-bond acceptors (Lipinski definition) is 3. The lowest BCUT2D eigenvalue weighted by Gasteiger charge is -2.26. The van der Waals surface area contributed by atoms with Crippen molar-refractivity contribution in [2.45, 2.75) is 33.1 Å². The predicted octanol–water partition coefficient (Wildman–Crippen LogP) is 2.77. The van der Waals surface area contributed by atoms with Crippen LogP contribution in [0.2, 0.25) is 0 Å². The van der Waals surface area contributed by atoms with E-state index in [-0.39, 0.29) is 11.8 Å². The summed E-state index contributed by atoms with van der Waals surface area (Å²) < 4.78 is 1.67. The molecule has 1 aromatic heterocycles. The van der Waals surface area contributed by atoms with Crippen molar-refractivity contribution in [1.29, 1.82) is 0 Å². The van der Waals surface area contributed by atoms with Crippen molar-refractivity contribution in [3.63, 3.8) is 0 Å². The Bertz CT molecular complexity index is 743. The highest BCUT2D eigenvalue weighted by Crippen LogP contribution is 2.19. The Kier molecular flexibility index (Phi) is 4.64. The fourth-order valence-electron chi connectivity index (χ4n) is 2.99. The van der Waals surface area contributed by atoms with Crippen molar-refractivity contribution < 1.29 is 9.59 Å². The number of amides is 2. The molecule has 0 radical (unpaired) electrons. The van der Waals surface area contributed by atoms with E-state index in [1.807, 2.05) is 42.2 Å². The fourth-order valence-corrected chi connectivity index (χ4v) is 2.99. The fraction of sp³-hybridized carbons (Fsp3) is 0.389. The molecule has 0 unspecified atom stereocenters. The molecular formula is C18H22N4O2. The molecule has 1 fully saturated rings. The third kappa shape index (κ3) is 3.48. The number of hydrogen-bond donors (Lipinski definition) is 1. The second-order valence-electron chi connectivity index (χ2n) is 6.16. The van der Waals surface area contributed by atoms with Crippen molar-refractivity contribution in [3.05, 3.63) is 41.6 Å². The smallest absolute Gasteiger partial charge is 0.253 e. The standard InChI is InChI=1S/C18H22N4O2/c1-13-12-17(19-14(2)23)22(20-13)16-8-6-15(7-9-16)18(24)21-10-4-3-5-11-21/h6-9,12H,3-5,10-11H2,1-2H3,(H,19,23). The lowest BCUT2D eigenvalue weighted by atomic mass is 10.1. The van der Waals surface area contributed by atoms with Gasteiger partial charge in [-0.15, -0.1) is 0 Å². The van der Waals surface area contributed by atoms with Gasteiger partial charge in [0, 0.05) is 31.6 Å². The molecule has 1 aromatic carbocycles. The molecule has 1 saturated heterocycles. The zero-order valence-corrected chi connectivity index (χ0v) is 14.1. The van der Waals surface area contributed by atoms with Crippen molar-refractivity contribution >= 4 is 17.6 Å². The molecule has 2 aromatic rings. The summed E-state index contributed by atoms with van der Waals surface area (Å²) in [6, 6.07) is 9.17. The maximum absolute atomic E-state index is 12.5. The predicted molar refractivity (Wildman–Crippen MR) is 92.4 cm³/mol. The van der Waals surface area contributed by atoms with Crippen molar-refractivity contribution in [1.82, 2.24) is 14.7 Å². The van der Waals surface area contributed by atoms with Crippen molar-refractivity contribution in [2.24, 2.45) is 0 Å². The largest absolute Gasteiger partial charge is 0.339 e. The molecule has 0 spiro atoms. The van der Waals surface area contributed by atoms with E-state index in [1.54, 1.807) is 4.68 Å². The summed E-state index contributed by atoms with van der Waals surface area (Å²) in [6.07, 6.45) is 3.36. The number of nitrogens with zero attached hydrogens (tertiary/aromatic N) is 3. The lowest BCUT2D eigenvalue weighted by molar-refractivity contribution is -0.114. The highest BCUT2D eigenvalue weighted by Gasteiger charge is 2.18. The molecule has 0 atom stereocenters. The molecule has 24 heavy (non-hydrogen) atoms. The molecule has 1 aliphatic heterocycles. The number of rotatable bonds is 3. The number of piperidine rings is 1. The third-order valence-corrected chi connectivity index (χ3v) is 4.14. The second-order valence-corrected chi connectivity index (χ2v) is 6.16. The topological polar surface area (TPSA) is 67.2 Å². The van der Waals surface area contributed by atoms with E-state index in [9.17, 15) is 9.59 Å². The van der Waals surface area contributed by atoms with E-state index in [0.717, 1.165) is 37.3 Å². The normalized spacial score (nSPS) is 14.5. The van der Waals surface area contributed by atoms with Crippen molar-refractivity contribution in [2.75, 3.05) is 18.4 Å². The SMILES string of the molecule is CC(=O)Nc1cc(C)nn1-c1ccc(C(=O)N2CCCCC2)cc1. The minimum absolute atomic E-state index is 0.0833. The first-order chi connectivity index (χ1) is 11.5. The summed E-state index contributed by atoms with van der Waals surface area (Å²) in [4.78, 5) is 25.7. The third-order valence-electron chi connectivity index (χ3n) is 4.14.